The average Bonchev–Trinajstić information content (AvgIpc) is 2.91. The molecule has 1 atom stereocenters. The number of carbonyl (C=O) groups is 2. The number of thioether (sulfide) groups is 1. The number of hydrogen-bond acceptors (Lipinski definition) is 4. The number of hydrogen-bond donors (Lipinski definition) is 1. The summed E-state index contributed by atoms with van der Waals surface area (Å²) in [5.41, 5.74) is 9.16. The van der Waals surface area contributed by atoms with Gasteiger partial charge in [0.15, 0.2) is 5.78 Å². The Morgan fingerprint density at radius 3 is 2.47 bits per heavy atom. The summed E-state index contributed by atoms with van der Waals surface area (Å²) in [5, 5.41) is 0.623. The third-order valence-electron chi connectivity index (χ3n) is 5.38. The van der Waals surface area contributed by atoms with Crippen LogP contribution in [0.3, 0.4) is 0 Å². The van der Waals surface area contributed by atoms with Crippen LogP contribution in [0.25, 0.3) is 0 Å². The molecule has 0 aromatic heterocycles. The number of carbonyl (C=O) groups excluding carboxylic acids is 2. The molecular formula is C25H22ClFN2O2S. The minimum atomic E-state index is -0.627. The van der Waals surface area contributed by atoms with Gasteiger partial charge in [0, 0.05) is 27.7 Å². The van der Waals surface area contributed by atoms with E-state index in [4.69, 9.17) is 17.3 Å². The monoisotopic (exact) mass is 468 g/mol. The number of fused-ring (bicyclic) bond motifs is 1. The molecule has 0 saturated heterocycles. The van der Waals surface area contributed by atoms with E-state index in [2.05, 4.69) is 0 Å². The molecule has 3 aromatic rings. The first-order valence-electron chi connectivity index (χ1n) is 10.3. The summed E-state index contributed by atoms with van der Waals surface area (Å²) >= 11 is 7.51. The van der Waals surface area contributed by atoms with Crippen LogP contribution in [0.1, 0.15) is 27.9 Å². The van der Waals surface area contributed by atoms with Crippen LogP contribution in [-0.4, -0.2) is 23.5 Å². The van der Waals surface area contributed by atoms with E-state index in [0.717, 1.165) is 16.0 Å². The van der Waals surface area contributed by atoms with Crippen molar-refractivity contribution in [2.24, 2.45) is 5.73 Å². The predicted octanol–water partition coefficient (Wildman–Crippen LogP) is 5.26. The summed E-state index contributed by atoms with van der Waals surface area (Å²) in [5.74, 6) is -0.0375. The molecule has 0 bridgehead atoms. The van der Waals surface area contributed by atoms with Gasteiger partial charge in [0.1, 0.15) is 5.82 Å². The van der Waals surface area contributed by atoms with Crippen molar-refractivity contribution in [3.63, 3.8) is 0 Å². The first-order chi connectivity index (χ1) is 15.4. The van der Waals surface area contributed by atoms with Gasteiger partial charge in [-0.1, -0.05) is 41.9 Å². The van der Waals surface area contributed by atoms with Gasteiger partial charge >= 0.3 is 0 Å². The molecule has 1 heterocycles. The molecule has 1 aliphatic heterocycles. The molecule has 0 unspecified atom stereocenters. The van der Waals surface area contributed by atoms with Crippen LogP contribution in [0.4, 0.5) is 10.1 Å². The Morgan fingerprint density at radius 1 is 1.06 bits per heavy atom. The van der Waals surface area contributed by atoms with E-state index in [1.807, 2.05) is 18.2 Å². The van der Waals surface area contributed by atoms with Crippen LogP contribution in [0.5, 0.6) is 0 Å². The minimum Gasteiger partial charge on any atom is -0.319 e. The minimum absolute atomic E-state index is 0.0328. The SMILES string of the molecule is N[C@H]1CSc2ccc(C(=O)CCc3ccc(F)cc3)cc2N(Cc2ccc(Cl)cc2)C1=O. The smallest absolute Gasteiger partial charge is 0.245 e. The molecule has 0 spiro atoms. The fourth-order valence-corrected chi connectivity index (χ4v) is 4.69. The summed E-state index contributed by atoms with van der Waals surface area (Å²) < 4.78 is 13.1. The summed E-state index contributed by atoms with van der Waals surface area (Å²) in [7, 11) is 0. The molecule has 1 amide bonds. The fraction of sp³-hybridized carbons (Fsp3) is 0.200. The van der Waals surface area contributed by atoms with Gasteiger partial charge in [-0.15, -0.1) is 11.8 Å². The van der Waals surface area contributed by atoms with E-state index in [0.29, 0.717) is 41.4 Å². The molecule has 1 aliphatic rings. The van der Waals surface area contributed by atoms with Crippen LogP contribution >= 0.6 is 23.4 Å². The van der Waals surface area contributed by atoms with Gasteiger partial charge in [-0.3, -0.25) is 9.59 Å². The standard InChI is InChI=1S/C25H22ClFN2O2S/c26-19-7-1-17(2-8-19)14-29-22-13-18(6-12-24(22)32-15-21(28)25(29)31)23(30)11-5-16-3-9-20(27)10-4-16/h1-4,6-10,12-13,21H,5,11,14-15,28H2/t21-/m0/s1. The lowest BCUT2D eigenvalue weighted by atomic mass is 10.0. The topological polar surface area (TPSA) is 63.4 Å². The molecule has 32 heavy (non-hydrogen) atoms. The Bertz CT molecular complexity index is 1140. The maximum Gasteiger partial charge on any atom is 0.245 e. The predicted molar refractivity (Wildman–Crippen MR) is 127 cm³/mol. The van der Waals surface area contributed by atoms with Crippen LogP contribution in [-0.2, 0) is 17.8 Å². The lowest BCUT2D eigenvalue weighted by Gasteiger charge is -2.25. The molecule has 164 valence electrons. The highest BCUT2D eigenvalue weighted by Gasteiger charge is 2.29. The molecule has 0 aliphatic carbocycles. The third kappa shape index (κ3) is 5.21. The molecule has 4 nitrogen and oxygen atoms in total. The second-order valence-corrected chi connectivity index (χ2v) is 9.20. The summed E-state index contributed by atoms with van der Waals surface area (Å²) in [6.07, 6.45) is 0.811. The van der Waals surface area contributed by atoms with Gasteiger partial charge in [0.25, 0.3) is 0 Å². The molecule has 0 fully saturated rings. The molecule has 3 aromatic carbocycles. The van der Waals surface area contributed by atoms with Gasteiger partial charge in [-0.25, -0.2) is 4.39 Å². The number of benzene rings is 3. The maximum absolute atomic E-state index is 13.1. The second kappa shape index (κ2) is 9.86. The molecular weight excluding hydrogens is 447 g/mol. The number of nitrogens with zero attached hydrogens (tertiary/aromatic N) is 1. The zero-order chi connectivity index (χ0) is 22.7. The number of aryl methyl sites for hydroxylation is 1. The number of ketones is 1. The molecule has 2 N–H and O–H groups in total. The Kier molecular flexibility index (Phi) is 6.94. The van der Waals surface area contributed by atoms with Crippen molar-refractivity contribution >= 4 is 40.7 Å². The highest BCUT2D eigenvalue weighted by Crippen LogP contribution is 2.36. The summed E-state index contributed by atoms with van der Waals surface area (Å²) in [6.45, 7) is 0.338. The maximum atomic E-state index is 13.1. The number of Topliss-reactive ketones (excluding diaryl/α,β-unsaturated/α-hetero) is 1. The average molecular weight is 469 g/mol. The third-order valence-corrected chi connectivity index (χ3v) is 6.82. The summed E-state index contributed by atoms with van der Waals surface area (Å²) in [4.78, 5) is 28.5. The molecule has 7 heteroatoms. The van der Waals surface area contributed by atoms with Gasteiger partial charge in [-0.05, 0) is 53.9 Å². The Morgan fingerprint density at radius 2 is 1.75 bits per heavy atom. The van der Waals surface area contributed by atoms with E-state index < -0.39 is 6.04 Å². The Balaban J connectivity index is 1.59. The van der Waals surface area contributed by atoms with E-state index >= 15 is 0 Å². The highest BCUT2D eigenvalue weighted by molar-refractivity contribution is 7.99. The first-order valence-corrected chi connectivity index (χ1v) is 11.6. The van der Waals surface area contributed by atoms with Gasteiger partial charge in [-0.2, -0.15) is 0 Å². The van der Waals surface area contributed by atoms with Crippen molar-refractivity contribution in [3.05, 3.63) is 94.3 Å². The Labute approximate surface area is 195 Å². The van der Waals surface area contributed by atoms with E-state index in [1.54, 1.807) is 41.3 Å². The Hall–Kier alpha value is -2.67. The summed E-state index contributed by atoms with van der Waals surface area (Å²) in [6, 6.07) is 18.3. The van der Waals surface area contributed by atoms with E-state index in [-0.39, 0.29) is 17.5 Å². The van der Waals surface area contributed by atoms with Crippen LogP contribution in [0, 0.1) is 5.82 Å². The lowest BCUT2D eigenvalue weighted by Crippen LogP contribution is -2.44. The van der Waals surface area contributed by atoms with E-state index in [1.165, 1.54) is 23.9 Å². The van der Waals surface area contributed by atoms with Gasteiger partial charge in [0.2, 0.25) is 5.91 Å². The largest absolute Gasteiger partial charge is 0.319 e. The fourth-order valence-electron chi connectivity index (χ4n) is 3.58. The number of rotatable bonds is 6. The van der Waals surface area contributed by atoms with Crippen molar-refractivity contribution in [3.8, 4) is 0 Å². The molecule has 0 saturated carbocycles. The van der Waals surface area contributed by atoms with Crippen LogP contribution < -0.4 is 10.6 Å². The van der Waals surface area contributed by atoms with Crippen molar-refractivity contribution in [2.75, 3.05) is 10.7 Å². The van der Waals surface area contributed by atoms with Gasteiger partial charge in [0.05, 0.1) is 18.3 Å². The zero-order valence-corrected chi connectivity index (χ0v) is 18.8. The van der Waals surface area contributed by atoms with Crippen LogP contribution in [0.2, 0.25) is 5.02 Å². The zero-order valence-electron chi connectivity index (χ0n) is 17.3. The van der Waals surface area contributed by atoms with Crippen molar-refractivity contribution in [1.29, 1.82) is 0 Å². The second-order valence-electron chi connectivity index (χ2n) is 7.70. The number of halogens is 2. The van der Waals surface area contributed by atoms with Crippen molar-refractivity contribution < 1.29 is 14.0 Å². The first kappa shape index (κ1) is 22.5. The van der Waals surface area contributed by atoms with E-state index in [9.17, 15) is 14.0 Å². The van der Waals surface area contributed by atoms with Crippen LogP contribution in [0.15, 0.2) is 71.6 Å². The number of anilines is 1. The highest BCUT2D eigenvalue weighted by atomic mass is 35.5. The number of nitrogens with two attached hydrogens (primary N) is 1. The normalized spacial score (nSPS) is 15.9. The van der Waals surface area contributed by atoms with Gasteiger partial charge < -0.3 is 10.6 Å². The molecule has 0 radical (unpaired) electrons. The molecule has 4 rings (SSSR count). The van der Waals surface area contributed by atoms with Crippen molar-refractivity contribution in [2.45, 2.75) is 30.3 Å². The quantitative estimate of drug-likeness (QED) is 0.501. The van der Waals surface area contributed by atoms with Crippen molar-refractivity contribution in [1.82, 2.24) is 0 Å². The number of amides is 1. The lowest BCUT2D eigenvalue weighted by molar-refractivity contribution is -0.119.